The van der Waals surface area contributed by atoms with Crippen molar-refractivity contribution in [3.63, 3.8) is 0 Å². The average molecular weight is 384 g/mol. The molecular formula is C17H25IN2. The van der Waals surface area contributed by atoms with E-state index in [0.717, 1.165) is 12.5 Å². The summed E-state index contributed by atoms with van der Waals surface area (Å²) in [6.45, 7) is 4.63. The van der Waals surface area contributed by atoms with Gasteiger partial charge in [0.1, 0.15) is 0 Å². The summed E-state index contributed by atoms with van der Waals surface area (Å²) in [5.74, 6) is 0.891. The zero-order valence-electron chi connectivity index (χ0n) is 12.3. The van der Waals surface area contributed by atoms with Gasteiger partial charge in [-0.1, -0.05) is 19.3 Å². The van der Waals surface area contributed by atoms with Gasteiger partial charge in [0.2, 0.25) is 0 Å². The van der Waals surface area contributed by atoms with E-state index in [0.29, 0.717) is 12.1 Å². The molecule has 2 nitrogen and oxygen atoms in total. The van der Waals surface area contributed by atoms with Crippen LogP contribution >= 0.6 is 22.6 Å². The van der Waals surface area contributed by atoms with E-state index >= 15 is 0 Å². The predicted octanol–water partition coefficient (Wildman–Crippen LogP) is 4.04. The van der Waals surface area contributed by atoms with Crippen molar-refractivity contribution in [2.24, 2.45) is 5.92 Å². The molecule has 3 heteroatoms. The molecule has 2 fully saturated rings. The zero-order chi connectivity index (χ0) is 13.9. The topological polar surface area (TPSA) is 15.3 Å². The standard InChI is InChI=1S/C17H25IN2/c1-13-11-19-17(14-5-3-2-4-6-14)12-20(13)16-9-7-15(18)8-10-16/h7-10,13-14,17,19H,2-6,11-12H2,1H3. The number of nitrogens with one attached hydrogen (secondary N) is 1. The number of nitrogens with zero attached hydrogens (tertiary/aromatic N) is 1. The number of halogens is 1. The summed E-state index contributed by atoms with van der Waals surface area (Å²) in [4.78, 5) is 2.60. The molecule has 0 amide bonds. The SMILES string of the molecule is CC1CNC(C2CCCCC2)CN1c1ccc(I)cc1. The van der Waals surface area contributed by atoms with E-state index < -0.39 is 0 Å². The third kappa shape index (κ3) is 3.30. The van der Waals surface area contributed by atoms with E-state index in [4.69, 9.17) is 0 Å². The summed E-state index contributed by atoms with van der Waals surface area (Å²) in [6.07, 6.45) is 7.16. The molecule has 1 aromatic rings. The maximum Gasteiger partial charge on any atom is 0.0387 e. The van der Waals surface area contributed by atoms with Gasteiger partial charge in [0, 0.05) is 34.4 Å². The van der Waals surface area contributed by atoms with Crippen molar-refractivity contribution in [3.05, 3.63) is 27.8 Å². The molecule has 110 valence electrons. The quantitative estimate of drug-likeness (QED) is 0.775. The maximum absolute atomic E-state index is 3.81. The van der Waals surface area contributed by atoms with Gasteiger partial charge in [-0.2, -0.15) is 0 Å². The summed E-state index contributed by atoms with van der Waals surface area (Å²) < 4.78 is 1.32. The second-order valence-electron chi connectivity index (χ2n) is 6.39. The molecular weight excluding hydrogens is 359 g/mol. The number of rotatable bonds is 2. The van der Waals surface area contributed by atoms with Gasteiger partial charge in [0.25, 0.3) is 0 Å². The highest BCUT2D eigenvalue weighted by Crippen LogP contribution is 2.30. The third-order valence-electron chi connectivity index (χ3n) is 4.98. The fraction of sp³-hybridized carbons (Fsp3) is 0.647. The van der Waals surface area contributed by atoms with Crippen LogP contribution in [0.2, 0.25) is 0 Å². The Bertz CT molecular complexity index is 425. The van der Waals surface area contributed by atoms with Crippen molar-refractivity contribution in [1.82, 2.24) is 5.32 Å². The highest BCUT2D eigenvalue weighted by molar-refractivity contribution is 14.1. The van der Waals surface area contributed by atoms with Crippen molar-refractivity contribution in [2.45, 2.75) is 51.1 Å². The lowest BCUT2D eigenvalue weighted by atomic mass is 9.82. The minimum atomic E-state index is 0.593. The third-order valence-corrected chi connectivity index (χ3v) is 5.70. The Labute approximate surface area is 136 Å². The van der Waals surface area contributed by atoms with Crippen LogP contribution in [0.5, 0.6) is 0 Å². The van der Waals surface area contributed by atoms with Gasteiger partial charge >= 0.3 is 0 Å². The number of hydrogen-bond acceptors (Lipinski definition) is 2. The van der Waals surface area contributed by atoms with Crippen molar-refractivity contribution in [1.29, 1.82) is 0 Å². The molecule has 2 atom stereocenters. The van der Waals surface area contributed by atoms with E-state index in [-0.39, 0.29) is 0 Å². The van der Waals surface area contributed by atoms with Gasteiger partial charge in [-0.25, -0.2) is 0 Å². The van der Waals surface area contributed by atoms with Crippen LogP contribution in [-0.4, -0.2) is 25.2 Å². The van der Waals surface area contributed by atoms with E-state index in [1.807, 2.05) is 0 Å². The first-order valence-corrected chi connectivity index (χ1v) is 9.07. The smallest absolute Gasteiger partial charge is 0.0387 e. The van der Waals surface area contributed by atoms with E-state index in [2.05, 4.69) is 64.0 Å². The first-order valence-electron chi connectivity index (χ1n) is 7.99. The minimum Gasteiger partial charge on any atom is -0.366 e. The molecule has 1 aliphatic heterocycles. The molecule has 2 unspecified atom stereocenters. The van der Waals surface area contributed by atoms with E-state index in [1.165, 1.54) is 47.9 Å². The molecule has 2 aliphatic rings. The molecule has 20 heavy (non-hydrogen) atoms. The lowest BCUT2D eigenvalue weighted by Crippen LogP contribution is -2.58. The van der Waals surface area contributed by atoms with Gasteiger partial charge in [-0.3, -0.25) is 0 Å². The Hall–Kier alpha value is -0.290. The molecule has 0 spiro atoms. The fourth-order valence-corrected chi connectivity index (χ4v) is 4.09. The van der Waals surface area contributed by atoms with E-state index in [9.17, 15) is 0 Å². The van der Waals surface area contributed by atoms with Gasteiger partial charge in [-0.05, 0) is 72.5 Å². The summed E-state index contributed by atoms with van der Waals surface area (Å²) in [7, 11) is 0. The molecule has 1 aliphatic carbocycles. The second-order valence-corrected chi connectivity index (χ2v) is 7.64. The van der Waals surface area contributed by atoms with Gasteiger partial charge in [-0.15, -0.1) is 0 Å². The number of hydrogen-bond donors (Lipinski definition) is 1. The Morgan fingerprint density at radius 2 is 1.80 bits per heavy atom. The molecule has 3 rings (SSSR count). The first kappa shape index (κ1) is 14.6. The first-order chi connectivity index (χ1) is 9.74. The predicted molar refractivity (Wildman–Crippen MR) is 94.3 cm³/mol. The Kier molecular flexibility index (Phi) is 4.87. The monoisotopic (exact) mass is 384 g/mol. The van der Waals surface area contributed by atoms with Crippen LogP contribution in [0.1, 0.15) is 39.0 Å². The molecule has 1 saturated heterocycles. The molecule has 1 N–H and O–H groups in total. The number of piperazine rings is 1. The second kappa shape index (κ2) is 6.65. The van der Waals surface area contributed by atoms with Crippen LogP contribution in [0, 0.1) is 9.49 Å². The van der Waals surface area contributed by atoms with Crippen LogP contribution in [0.3, 0.4) is 0 Å². The number of anilines is 1. The van der Waals surface area contributed by atoms with Crippen LogP contribution in [0.4, 0.5) is 5.69 Å². The molecule has 1 heterocycles. The van der Waals surface area contributed by atoms with Crippen LogP contribution in [0.25, 0.3) is 0 Å². The summed E-state index contributed by atoms with van der Waals surface area (Å²) in [5, 5.41) is 3.81. The van der Waals surface area contributed by atoms with Crippen molar-refractivity contribution in [2.75, 3.05) is 18.0 Å². The molecule has 0 aromatic heterocycles. The molecule has 1 saturated carbocycles. The highest BCUT2D eigenvalue weighted by atomic mass is 127. The summed E-state index contributed by atoms with van der Waals surface area (Å²) >= 11 is 2.38. The maximum atomic E-state index is 3.81. The fourth-order valence-electron chi connectivity index (χ4n) is 3.73. The highest BCUT2D eigenvalue weighted by Gasteiger charge is 2.31. The summed E-state index contributed by atoms with van der Waals surface area (Å²) in [5.41, 5.74) is 1.39. The lowest BCUT2D eigenvalue weighted by molar-refractivity contribution is 0.245. The van der Waals surface area contributed by atoms with Crippen molar-refractivity contribution >= 4 is 28.3 Å². The molecule has 1 aromatic carbocycles. The normalized spacial score (nSPS) is 28.6. The van der Waals surface area contributed by atoms with Gasteiger partial charge in [0.15, 0.2) is 0 Å². The van der Waals surface area contributed by atoms with Crippen LogP contribution in [-0.2, 0) is 0 Å². The largest absolute Gasteiger partial charge is 0.366 e. The lowest BCUT2D eigenvalue weighted by Gasteiger charge is -2.44. The molecule has 0 bridgehead atoms. The van der Waals surface area contributed by atoms with Crippen LogP contribution < -0.4 is 10.2 Å². The Morgan fingerprint density at radius 3 is 2.50 bits per heavy atom. The Morgan fingerprint density at radius 1 is 1.10 bits per heavy atom. The molecule has 0 radical (unpaired) electrons. The van der Waals surface area contributed by atoms with Crippen molar-refractivity contribution < 1.29 is 0 Å². The van der Waals surface area contributed by atoms with Gasteiger partial charge in [0.05, 0.1) is 0 Å². The van der Waals surface area contributed by atoms with Gasteiger partial charge < -0.3 is 10.2 Å². The average Bonchev–Trinajstić information content (AvgIpc) is 2.50. The van der Waals surface area contributed by atoms with Crippen LogP contribution in [0.15, 0.2) is 24.3 Å². The summed E-state index contributed by atoms with van der Waals surface area (Å²) in [6, 6.07) is 10.3. The zero-order valence-corrected chi connectivity index (χ0v) is 14.5. The Balaban J connectivity index is 1.71. The van der Waals surface area contributed by atoms with E-state index in [1.54, 1.807) is 0 Å². The van der Waals surface area contributed by atoms with Crippen molar-refractivity contribution in [3.8, 4) is 0 Å². The minimum absolute atomic E-state index is 0.593. The number of benzene rings is 1.